The van der Waals surface area contributed by atoms with Crippen LogP contribution in [0.5, 0.6) is 0 Å². The minimum absolute atomic E-state index is 0.0873. The predicted octanol–water partition coefficient (Wildman–Crippen LogP) is 1.15. The second-order valence-corrected chi connectivity index (χ2v) is 7.08. The Balaban J connectivity index is 1.96. The molecule has 0 radical (unpaired) electrons. The second-order valence-electron chi connectivity index (χ2n) is 5.38. The Morgan fingerprint density at radius 1 is 1.40 bits per heavy atom. The van der Waals surface area contributed by atoms with E-state index >= 15 is 0 Å². The molecule has 0 aliphatic carbocycles. The van der Waals surface area contributed by atoms with Gasteiger partial charge in [0.05, 0.1) is 18.5 Å². The lowest BCUT2D eigenvalue weighted by Gasteiger charge is -2.34. The zero-order valence-electron chi connectivity index (χ0n) is 12.1. The fourth-order valence-corrected chi connectivity index (χ4v) is 3.98. The maximum absolute atomic E-state index is 12.3. The van der Waals surface area contributed by atoms with Crippen LogP contribution in [0.2, 0.25) is 0 Å². The van der Waals surface area contributed by atoms with E-state index in [9.17, 15) is 8.42 Å². The van der Waals surface area contributed by atoms with E-state index in [0.29, 0.717) is 19.5 Å². The van der Waals surface area contributed by atoms with Crippen LogP contribution >= 0.6 is 0 Å². The first kappa shape index (κ1) is 15.5. The van der Waals surface area contributed by atoms with Crippen LogP contribution in [0.4, 0.5) is 0 Å². The van der Waals surface area contributed by atoms with Crippen molar-refractivity contribution in [2.24, 2.45) is 0 Å². The van der Waals surface area contributed by atoms with Crippen molar-refractivity contribution in [3.8, 4) is 0 Å². The summed E-state index contributed by atoms with van der Waals surface area (Å²) < 4.78 is 39.6. The third-order valence-corrected chi connectivity index (χ3v) is 4.84. The maximum Gasteiger partial charge on any atom is 0.279 e. The van der Waals surface area contributed by atoms with Gasteiger partial charge in [0, 0.05) is 25.6 Å². The molecule has 1 aliphatic rings. The molecule has 1 aliphatic heterocycles. The van der Waals surface area contributed by atoms with E-state index in [0.717, 1.165) is 5.76 Å². The van der Waals surface area contributed by atoms with E-state index in [2.05, 4.69) is 4.72 Å². The number of rotatable bonds is 5. The standard InChI is InChI=1S/C13H22N2O4S/c1-10(7-13-5-4-6-18-13)14-20(16,17)15-8-11(2)19-12(3)9-15/h4-6,10-12,14H,7-9H2,1-3H3/t10-,11+,12+/m1/s1. The Kier molecular flexibility index (Phi) is 4.85. The minimum atomic E-state index is -3.49. The molecule has 20 heavy (non-hydrogen) atoms. The average Bonchev–Trinajstić information content (AvgIpc) is 2.79. The van der Waals surface area contributed by atoms with Crippen LogP contribution < -0.4 is 4.72 Å². The third-order valence-electron chi connectivity index (χ3n) is 3.16. The summed E-state index contributed by atoms with van der Waals surface area (Å²) in [6.07, 6.45) is 1.94. The average molecular weight is 302 g/mol. The molecular weight excluding hydrogens is 280 g/mol. The topological polar surface area (TPSA) is 71.8 Å². The molecule has 114 valence electrons. The molecule has 7 heteroatoms. The Hall–Kier alpha value is -0.890. The number of nitrogens with zero attached hydrogens (tertiary/aromatic N) is 1. The smallest absolute Gasteiger partial charge is 0.279 e. The first-order valence-corrected chi connectivity index (χ1v) is 8.26. The normalized spacial score (nSPS) is 26.6. The summed E-state index contributed by atoms with van der Waals surface area (Å²) in [5.41, 5.74) is 0. The number of ether oxygens (including phenoxy) is 1. The molecule has 3 atom stereocenters. The van der Waals surface area contributed by atoms with E-state index in [-0.39, 0.29) is 18.2 Å². The molecule has 0 unspecified atom stereocenters. The first-order chi connectivity index (χ1) is 9.37. The molecule has 0 amide bonds. The molecule has 0 saturated carbocycles. The molecule has 1 saturated heterocycles. The number of hydrogen-bond donors (Lipinski definition) is 1. The highest BCUT2D eigenvalue weighted by molar-refractivity contribution is 7.87. The first-order valence-electron chi connectivity index (χ1n) is 6.82. The lowest BCUT2D eigenvalue weighted by molar-refractivity contribution is -0.0444. The number of hydrogen-bond acceptors (Lipinski definition) is 4. The van der Waals surface area contributed by atoms with Crippen LogP contribution in [0.25, 0.3) is 0 Å². The van der Waals surface area contributed by atoms with E-state index in [4.69, 9.17) is 9.15 Å². The van der Waals surface area contributed by atoms with Gasteiger partial charge in [0.25, 0.3) is 10.2 Å². The van der Waals surface area contributed by atoms with E-state index in [1.807, 2.05) is 26.8 Å². The van der Waals surface area contributed by atoms with Crippen molar-refractivity contribution >= 4 is 10.2 Å². The summed E-state index contributed by atoms with van der Waals surface area (Å²) in [5, 5.41) is 0. The minimum Gasteiger partial charge on any atom is -0.469 e. The van der Waals surface area contributed by atoms with Crippen LogP contribution in [-0.2, 0) is 21.4 Å². The van der Waals surface area contributed by atoms with Gasteiger partial charge in [0.2, 0.25) is 0 Å². The van der Waals surface area contributed by atoms with Gasteiger partial charge in [-0.3, -0.25) is 0 Å². The fourth-order valence-electron chi connectivity index (χ4n) is 2.43. The van der Waals surface area contributed by atoms with Crippen molar-refractivity contribution in [2.75, 3.05) is 13.1 Å². The number of morpholine rings is 1. The summed E-state index contributed by atoms with van der Waals surface area (Å²) in [5.74, 6) is 0.768. The highest BCUT2D eigenvalue weighted by Gasteiger charge is 2.31. The lowest BCUT2D eigenvalue weighted by Crippen LogP contribution is -2.53. The zero-order chi connectivity index (χ0) is 14.8. The van der Waals surface area contributed by atoms with Crippen LogP contribution in [0.15, 0.2) is 22.8 Å². The van der Waals surface area contributed by atoms with Gasteiger partial charge in [0.1, 0.15) is 5.76 Å². The van der Waals surface area contributed by atoms with Gasteiger partial charge in [-0.15, -0.1) is 0 Å². The molecule has 0 bridgehead atoms. The number of furan rings is 1. The third kappa shape index (κ3) is 4.05. The fraction of sp³-hybridized carbons (Fsp3) is 0.692. The van der Waals surface area contributed by atoms with Gasteiger partial charge >= 0.3 is 0 Å². The van der Waals surface area contributed by atoms with Crippen LogP contribution in [-0.4, -0.2) is 44.1 Å². The van der Waals surface area contributed by atoms with Crippen LogP contribution in [0, 0.1) is 0 Å². The van der Waals surface area contributed by atoms with Gasteiger partial charge < -0.3 is 9.15 Å². The molecule has 1 fully saturated rings. The summed E-state index contributed by atoms with van der Waals surface area (Å²) in [6.45, 7) is 6.35. The van der Waals surface area contributed by atoms with Crippen LogP contribution in [0.1, 0.15) is 26.5 Å². The molecule has 2 rings (SSSR count). The predicted molar refractivity (Wildman–Crippen MR) is 75.5 cm³/mol. The zero-order valence-corrected chi connectivity index (χ0v) is 12.9. The summed E-state index contributed by atoms with van der Waals surface area (Å²) >= 11 is 0. The van der Waals surface area contributed by atoms with Gasteiger partial charge in [0.15, 0.2) is 0 Å². The van der Waals surface area contributed by atoms with E-state index in [1.54, 1.807) is 12.3 Å². The van der Waals surface area contributed by atoms with E-state index < -0.39 is 10.2 Å². The molecule has 1 N–H and O–H groups in total. The molecule has 0 spiro atoms. The monoisotopic (exact) mass is 302 g/mol. The largest absolute Gasteiger partial charge is 0.469 e. The molecule has 1 aromatic rings. The second kappa shape index (κ2) is 6.26. The van der Waals surface area contributed by atoms with Crippen molar-refractivity contribution in [1.29, 1.82) is 0 Å². The van der Waals surface area contributed by atoms with Crippen molar-refractivity contribution in [3.63, 3.8) is 0 Å². The summed E-state index contributed by atoms with van der Waals surface area (Å²) in [6, 6.07) is 3.41. The van der Waals surface area contributed by atoms with Gasteiger partial charge in [-0.1, -0.05) is 0 Å². The van der Waals surface area contributed by atoms with E-state index in [1.165, 1.54) is 4.31 Å². The Morgan fingerprint density at radius 3 is 2.60 bits per heavy atom. The van der Waals surface area contributed by atoms with Crippen molar-refractivity contribution in [3.05, 3.63) is 24.2 Å². The highest BCUT2D eigenvalue weighted by Crippen LogP contribution is 2.14. The van der Waals surface area contributed by atoms with Gasteiger partial charge in [-0.05, 0) is 32.9 Å². The number of nitrogens with one attached hydrogen (secondary N) is 1. The van der Waals surface area contributed by atoms with Crippen molar-refractivity contribution < 1.29 is 17.6 Å². The van der Waals surface area contributed by atoms with Crippen LogP contribution in [0.3, 0.4) is 0 Å². The highest BCUT2D eigenvalue weighted by atomic mass is 32.2. The lowest BCUT2D eigenvalue weighted by atomic mass is 10.2. The Labute approximate surface area is 120 Å². The van der Waals surface area contributed by atoms with Crippen molar-refractivity contribution in [1.82, 2.24) is 9.03 Å². The van der Waals surface area contributed by atoms with Gasteiger partial charge in [-0.25, -0.2) is 0 Å². The SMILES string of the molecule is C[C@H](Cc1ccco1)NS(=O)(=O)N1C[C@H](C)O[C@@H](C)C1. The Bertz CT molecular complexity index is 504. The Morgan fingerprint density at radius 2 is 2.05 bits per heavy atom. The molecule has 6 nitrogen and oxygen atoms in total. The molecule has 2 heterocycles. The summed E-state index contributed by atoms with van der Waals surface area (Å²) in [7, 11) is -3.49. The molecular formula is C13H22N2O4S. The quantitative estimate of drug-likeness (QED) is 0.886. The summed E-state index contributed by atoms with van der Waals surface area (Å²) in [4.78, 5) is 0. The molecule has 1 aromatic heterocycles. The molecule has 0 aromatic carbocycles. The van der Waals surface area contributed by atoms with Gasteiger partial charge in [-0.2, -0.15) is 17.4 Å². The van der Waals surface area contributed by atoms with Crippen molar-refractivity contribution in [2.45, 2.75) is 45.4 Å². The maximum atomic E-state index is 12.3.